The molecule has 4 nitrogen and oxygen atoms in total. The second kappa shape index (κ2) is 6.96. The van der Waals surface area contributed by atoms with Gasteiger partial charge in [0.05, 0.1) is 7.11 Å². The lowest BCUT2D eigenvalue weighted by molar-refractivity contribution is -0.137. The molecule has 0 radical (unpaired) electrons. The summed E-state index contributed by atoms with van der Waals surface area (Å²) in [5, 5.41) is 9.99. The van der Waals surface area contributed by atoms with Gasteiger partial charge in [0.25, 0.3) is 0 Å². The van der Waals surface area contributed by atoms with Crippen molar-refractivity contribution in [1.82, 2.24) is 0 Å². The highest BCUT2D eigenvalue weighted by Gasteiger charge is 2.01. The molecule has 0 bridgehead atoms. The number of benzene rings is 1. The molecule has 1 N–H and O–H groups in total. The minimum Gasteiger partial charge on any atom is -0.504 e. The topological polar surface area (TPSA) is 55.8 Å². The monoisotopic (exact) mass is 300 g/mol. The predicted molar refractivity (Wildman–Crippen MR) is 68.4 cm³/mol. The van der Waals surface area contributed by atoms with Crippen molar-refractivity contribution < 1.29 is 19.4 Å². The quantitative estimate of drug-likeness (QED) is 0.515. The molecule has 92 valence electrons. The summed E-state index contributed by atoms with van der Waals surface area (Å²) in [5.74, 6) is 0.0176. The number of carbonyl (C=O) groups excluding carboxylic acids is 1. The molecule has 0 amide bonds. The number of aromatic hydroxyl groups is 1. The van der Waals surface area contributed by atoms with E-state index in [4.69, 9.17) is 9.47 Å². The van der Waals surface area contributed by atoms with E-state index in [1.165, 1.54) is 19.3 Å². The van der Waals surface area contributed by atoms with Crippen LogP contribution in [0, 0.1) is 0 Å². The number of esters is 1. The molecule has 0 saturated carbocycles. The normalized spacial score (nSPS) is 10.5. The van der Waals surface area contributed by atoms with Crippen molar-refractivity contribution >= 4 is 28.0 Å². The molecule has 0 heterocycles. The average molecular weight is 301 g/mol. The summed E-state index contributed by atoms with van der Waals surface area (Å²) in [6.45, 7) is 0.335. The first-order valence-corrected chi connectivity index (χ1v) is 6.07. The number of alkyl halides is 1. The SMILES string of the molecule is COc1cc(C=CC(=O)OCCBr)ccc1O. The molecule has 17 heavy (non-hydrogen) atoms. The van der Waals surface area contributed by atoms with Crippen molar-refractivity contribution in [3.05, 3.63) is 29.8 Å². The Morgan fingerprint density at radius 2 is 2.29 bits per heavy atom. The van der Waals surface area contributed by atoms with Crippen LogP contribution in [0.4, 0.5) is 0 Å². The van der Waals surface area contributed by atoms with Gasteiger partial charge in [-0.1, -0.05) is 22.0 Å². The maximum Gasteiger partial charge on any atom is 0.330 e. The van der Waals surface area contributed by atoms with E-state index < -0.39 is 5.97 Å². The summed E-state index contributed by atoms with van der Waals surface area (Å²) in [6.07, 6.45) is 2.92. The third-order valence-corrected chi connectivity index (χ3v) is 2.26. The largest absolute Gasteiger partial charge is 0.504 e. The predicted octanol–water partition coefficient (Wildman–Crippen LogP) is 2.35. The van der Waals surface area contributed by atoms with Crippen LogP contribution in [0.5, 0.6) is 11.5 Å². The summed E-state index contributed by atoms with van der Waals surface area (Å²) in [6, 6.07) is 4.80. The molecule has 0 aliphatic heterocycles. The second-order valence-corrected chi connectivity index (χ2v) is 3.91. The highest BCUT2D eigenvalue weighted by Crippen LogP contribution is 2.26. The van der Waals surface area contributed by atoms with Gasteiger partial charge in [0, 0.05) is 11.4 Å². The minimum absolute atomic E-state index is 0.0616. The highest BCUT2D eigenvalue weighted by atomic mass is 79.9. The average Bonchev–Trinajstić information content (AvgIpc) is 2.35. The van der Waals surface area contributed by atoms with Gasteiger partial charge in [-0.2, -0.15) is 0 Å². The standard InChI is InChI=1S/C12H13BrO4/c1-16-11-8-9(2-4-10(11)14)3-5-12(15)17-7-6-13/h2-5,8,14H,6-7H2,1H3. The fourth-order valence-corrected chi connectivity index (χ4v) is 1.31. The number of hydrogen-bond acceptors (Lipinski definition) is 4. The van der Waals surface area contributed by atoms with Crippen LogP contribution in [0.25, 0.3) is 6.08 Å². The molecular formula is C12H13BrO4. The minimum atomic E-state index is -0.406. The van der Waals surface area contributed by atoms with Crippen molar-refractivity contribution in [2.24, 2.45) is 0 Å². The van der Waals surface area contributed by atoms with E-state index in [0.29, 0.717) is 17.7 Å². The zero-order valence-electron chi connectivity index (χ0n) is 9.35. The molecule has 0 spiro atoms. The summed E-state index contributed by atoms with van der Waals surface area (Å²) in [7, 11) is 1.47. The number of phenolic OH excluding ortho intramolecular Hbond substituents is 1. The fourth-order valence-electron chi connectivity index (χ4n) is 1.15. The Bertz CT molecular complexity index is 415. The van der Waals surface area contributed by atoms with Crippen LogP contribution < -0.4 is 4.74 Å². The Kier molecular flexibility index (Phi) is 5.56. The maximum atomic E-state index is 11.2. The van der Waals surface area contributed by atoms with Gasteiger partial charge in [0.1, 0.15) is 6.61 Å². The summed E-state index contributed by atoms with van der Waals surface area (Å²) in [4.78, 5) is 11.2. The zero-order valence-corrected chi connectivity index (χ0v) is 10.9. The number of phenols is 1. The Morgan fingerprint density at radius 3 is 2.94 bits per heavy atom. The summed E-state index contributed by atoms with van der Waals surface area (Å²) >= 11 is 3.16. The van der Waals surface area contributed by atoms with E-state index >= 15 is 0 Å². The molecule has 5 heteroatoms. The number of rotatable bonds is 5. The van der Waals surface area contributed by atoms with Crippen LogP contribution >= 0.6 is 15.9 Å². The van der Waals surface area contributed by atoms with Crippen molar-refractivity contribution in [2.75, 3.05) is 19.0 Å². The lowest BCUT2D eigenvalue weighted by atomic mass is 10.2. The van der Waals surface area contributed by atoms with E-state index in [1.807, 2.05) is 0 Å². The van der Waals surface area contributed by atoms with Gasteiger partial charge in [-0.15, -0.1) is 0 Å². The number of methoxy groups -OCH3 is 1. The molecule has 1 rings (SSSR count). The number of halogens is 1. The molecule has 0 unspecified atom stereocenters. The van der Waals surface area contributed by atoms with Crippen molar-refractivity contribution in [3.8, 4) is 11.5 Å². The third kappa shape index (κ3) is 4.48. The maximum absolute atomic E-state index is 11.2. The van der Waals surface area contributed by atoms with Gasteiger partial charge < -0.3 is 14.6 Å². The van der Waals surface area contributed by atoms with E-state index in [0.717, 1.165) is 5.56 Å². The van der Waals surface area contributed by atoms with Gasteiger partial charge >= 0.3 is 5.97 Å². The lowest BCUT2D eigenvalue weighted by Gasteiger charge is -2.03. The summed E-state index contributed by atoms with van der Waals surface area (Å²) in [5.41, 5.74) is 0.746. The molecule has 0 aliphatic rings. The molecule has 0 aromatic heterocycles. The second-order valence-electron chi connectivity index (χ2n) is 3.12. The highest BCUT2D eigenvalue weighted by molar-refractivity contribution is 9.09. The van der Waals surface area contributed by atoms with Crippen molar-refractivity contribution in [3.63, 3.8) is 0 Å². The first-order chi connectivity index (χ1) is 8.17. The van der Waals surface area contributed by atoms with Crippen LogP contribution in [0.1, 0.15) is 5.56 Å². The first-order valence-electron chi connectivity index (χ1n) is 4.95. The summed E-state index contributed by atoms with van der Waals surface area (Å²) < 4.78 is 9.79. The van der Waals surface area contributed by atoms with Crippen LogP contribution in [-0.4, -0.2) is 30.1 Å². The van der Waals surface area contributed by atoms with Crippen molar-refractivity contribution in [1.29, 1.82) is 0 Å². The van der Waals surface area contributed by atoms with Gasteiger partial charge in [-0.3, -0.25) is 0 Å². The Balaban J connectivity index is 2.68. The van der Waals surface area contributed by atoms with Gasteiger partial charge in [-0.05, 0) is 23.8 Å². The van der Waals surface area contributed by atoms with E-state index in [2.05, 4.69) is 15.9 Å². The first kappa shape index (κ1) is 13.6. The smallest absolute Gasteiger partial charge is 0.330 e. The van der Waals surface area contributed by atoms with Gasteiger partial charge in [0.15, 0.2) is 11.5 Å². The Labute approximate surface area is 108 Å². The molecule has 1 aromatic carbocycles. The molecule has 0 saturated heterocycles. The van der Waals surface area contributed by atoms with Crippen LogP contribution in [-0.2, 0) is 9.53 Å². The third-order valence-electron chi connectivity index (χ3n) is 1.94. The molecule has 0 aliphatic carbocycles. The number of carbonyl (C=O) groups is 1. The van der Waals surface area contributed by atoms with Crippen LogP contribution in [0.3, 0.4) is 0 Å². The molecule has 1 aromatic rings. The van der Waals surface area contributed by atoms with Gasteiger partial charge in [0.2, 0.25) is 0 Å². The lowest BCUT2D eigenvalue weighted by Crippen LogP contribution is -2.02. The zero-order chi connectivity index (χ0) is 12.7. The molecule has 0 fully saturated rings. The molecule has 0 atom stereocenters. The number of hydrogen-bond donors (Lipinski definition) is 1. The van der Waals surface area contributed by atoms with Crippen molar-refractivity contribution in [2.45, 2.75) is 0 Å². The Morgan fingerprint density at radius 1 is 1.53 bits per heavy atom. The number of ether oxygens (including phenoxy) is 2. The molecular weight excluding hydrogens is 288 g/mol. The fraction of sp³-hybridized carbons (Fsp3) is 0.250. The van der Waals surface area contributed by atoms with Gasteiger partial charge in [-0.25, -0.2) is 4.79 Å². The van der Waals surface area contributed by atoms with Crippen LogP contribution in [0.2, 0.25) is 0 Å². The van der Waals surface area contributed by atoms with Crippen LogP contribution in [0.15, 0.2) is 24.3 Å². The van der Waals surface area contributed by atoms with E-state index in [-0.39, 0.29) is 5.75 Å². The Hall–Kier alpha value is -1.49. The van der Waals surface area contributed by atoms with E-state index in [1.54, 1.807) is 18.2 Å². The van der Waals surface area contributed by atoms with E-state index in [9.17, 15) is 9.90 Å².